The van der Waals surface area contributed by atoms with Crippen molar-refractivity contribution in [2.45, 2.75) is 72.4 Å². The van der Waals surface area contributed by atoms with Crippen LogP contribution in [0.4, 0.5) is 0 Å². The third kappa shape index (κ3) is 3.85. The Kier molecular flexibility index (Phi) is 5.80. The second-order valence-electron chi connectivity index (χ2n) is 6.03. The van der Waals surface area contributed by atoms with Gasteiger partial charge in [-0.25, -0.2) is 4.98 Å². The first-order valence-electron chi connectivity index (χ1n) is 8.24. The largest absolute Gasteiger partial charge is 0.388 e. The number of nitrogens with zero attached hydrogens (tertiary/aromatic N) is 2. The zero-order valence-corrected chi connectivity index (χ0v) is 13.7. The summed E-state index contributed by atoms with van der Waals surface area (Å²) in [7, 11) is 0. The van der Waals surface area contributed by atoms with E-state index in [1.165, 1.54) is 43.2 Å². The molecule has 0 saturated carbocycles. The van der Waals surface area contributed by atoms with Gasteiger partial charge in [0.2, 0.25) is 0 Å². The molecule has 116 valence electrons. The number of hydrogen-bond acceptors (Lipinski definition) is 2. The van der Waals surface area contributed by atoms with Crippen LogP contribution >= 0.6 is 0 Å². The number of imidazole rings is 1. The van der Waals surface area contributed by atoms with Crippen LogP contribution in [0, 0.1) is 13.8 Å². The topological polar surface area (TPSA) is 38.0 Å². The van der Waals surface area contributed by atoms with Crippen LogP contribution in [0.2, 0.25) is 0 Å². The molecule has 0 spiro atoms. The molecule has 1 heterocycles. The average Bonchev–Trinajstić information content (AvgIpc) is 2.80. The molecule has 0 aliphatic heterocycles. The highest BCUT2D eigenvalue weighted by molar-refractivity contribution is 5.78. The van der Waals surface area contributed by atoms with Crippen LogP contribution in [-0.2, 0) is 13.2 Å². The normalized spacial score (nSPS) is 11.4. The molecule has 1 aromatic carbocycles. The van der Waals surface area contributed by atoms with Crippen LogP contribution in [0.5, 0.6) is 0 Å². The molecule has 0 aliphatic rings. The van der Waals surface area contributed by atoms with E-state index in [1.54, 1.807) is 0 Å². The van der Waals surface area contributed by atoms with Crippen molar-refractivity contribution in [1.29, 1.82) is 0 Å². The Hall–Kier alpha value is -1.35. The maximum Gasteiger partial charge on any atom is 0.135 e. The van der Waals surface area contributed by atoms with Gasteiger partial charge in [-0.15, -0.1) is 0 Å². The van der Waals surface area contributed by atoms with Crippen molar-refractivity contribution in [3.63, 3.8) is 0 Å². The summed E-state index contributed by atoms with van der Waals surface area (Å²) in [5, 5.41) is 9.55. The monoisotopic (exact) mass is 288 g/mol. The Labute approximate surface area is 128 Å². The van der Waals surface area contributed by atoms with Crippen molar-refractivity contribution in [1.82, 2.24) is 9.55 Å². The van der Waals surface area contributed by atoms with E-state index >= 15 is 0 Å². The van der Waals surface area contributed by atoms with E-state index in [0.29, 0.717) is 0 Å². The van der Waals surface area contributed by atoms with E-state index < -0.39 is 0 Å². The van der Waals surface area contributed by atoms with E-state index in [-0.39, 0.29) is 6.61 Å². The maximum absolute atomic E-state index is 9.55. The first-order valence-corrected chi connectivity index (χ1v) is 8.24. The van der Waals surface area contributed by atoms with Gasteiger partial charge in [0.25, 0.3) is 0 Å². The number of fused-ring (bicyclic) bond motifs is 1. The first kappa shape index (κ1) is 16.0. The Morgan fingerprint density at radius 2 is 1.67 bits per heavy atom. The summed E-state index contributed by atoms with van der Waals surface area (Å²) in [5.41, 5.74) is 4.72. The second kappa shape index (κ2) is 7.60. The quantitative estimate of drug-likeness (QED) is 0.726. The molecule has 2 rings (SSSR count). The molecule has 0 atom stereocenters. The van der Waals surface area contributed by atoms with Crippen LogP contribution in [0.1, 0.15) is 62.4 Å². The lowest BCUT2D eigenvalue weighted by molar-refractivity contribution is 0.265. The highest BCUT2D eigenvalue weighted by Crippen LogP contribution is 2.22. The highest BCUT2D eigenvalue weighted by Gasteiger charge is 2.11. The Balaban J connectivity index is 2.08. The van der Waals surface area contributed by atoms with Gasteiger partial charge in [0.15, 0.2) is 0 Å². The Morgan fingerprint density at radius 3 is 2.38 bits per heavy atom. The summed E-state index contributed by atoms with van der Waals surface area (Å²) in [4.78, 5) is 4.57. The number of aliphatic hydroxyl groups excluding tert-OH is 1. The van der Waals surface area contributed by atoms with Crippen molar-refractivity contribution in [3.05, 3.63) is 29.1 Å². The fraction of sp³-hybridized carbons (Fsp3) is 0.611. The molecule has 0 aliphatic carbocycles. The molecule has 1 N–H and O–H groups in total. The molecule has 2 aromatic rings. The van der Waals surface area contributed by atoms with Gasteiger partial charge in [0.1, 0.15) is 12.4 Å². The van der Waals surface area contributed by atoms with Crippen LogP contribution in [0.15, 0.2) is 12.1 Å². The molecule has 0 radical (unpaired) electrons. The molecule has 0 fully saturated rings. The van der Waals surface area contributed by atoms with Gasteiger partial charge in [-0.05, 0) is 43.5 Å². The number of benzene rings is 1. The zero-order valence-electron chi connectivity index (χ0n) is 13.7. The van der Waals surface area contributed by atoms with Crippen molar-refractivity contribution >= 4 is 11.0 Å². The lowest BCUT2D eigenvalue weighted by Gasteiger charge is -2.09. The standard InChI is InChI=1S/C18H28N2O/c1-4-5-6-7-8-9-10-20-17-12-15(3)14(2)11-16(17)19-18(20)13-21/h11-12,21H,4-10,13H2,1-3H3. The number of aryl methyl sites for hydroxylation is 3. The lowest BCUT2D eigenvalue weighted by Crippen LogP contribution is -2.04. The first-order chi connectivity index (χ1) is 10.2. The minimum atomic E-state index is 0.0165. The van der Waals surface area contributed by atoms with Gasteiger partial charge in [0.05, 0.1) is 11.0 Å². The fourth-order valence-electron chi connectivity index (χ4n) is 2.85. The number of hydrogen-bond donors (Lipinski definition) is 1. The number of rotatable bonds is 8. The third-order valence-corrected chi connectivity index (χ3v) is 4.32. The Bertz CT molecular complexity index is 586. The molecule has 0 bridgehead atoms. The van der Waals surface area contributed by atoms with Crippen molar-refractivity contribution < 1.29 is 5.11 Å². The van der Waals surface area contributed by atoms with Gasteiger partial charge < -0.3 is 9.67 Å². The average molecular weight is 288 g/mol. The van der Waals surface area contributed by atoms with Gasteiger partial charge in [-0.1, -0.05) is 39.0 Å². The van der Waals surface area contributed by atoms with Crippen LogP contribution in [0.3, 0.4) is 0 Å². The van der Waals surface area contributed by atoms with Crippen molar-refractivity contribution in [2.75, 3.05) is 0 Å². The van der Waals surface area contributed by atoms with Crippen molar-refractivity contribution in [3.8, 4) is 0 Å². The Morgan fingerprint density at radius 1 is 1.00 bits per heavy atom. The van der Waals surface area contributed by atoms with Crippen LogP contribution in [-0.4, -0.2) is 14.7 Å². The minimum absolute atomic E-state index is 0.0165. The van der Waals surface area contributed by atoms with Gasteiger partial charge >= 0.3 is 0 Å². The molecule has 3 heteroatoms. The predicted molar refractivity (Wildman–Crippen MR) is 88.5 cm³/mol. The second-order valence-corrected chi connectivity index (χ2v) is 6.03. The van der Waals surface area contributed by atoms with E-state index in [2.05, 4.69) is 42.5 Å². The summed E-state index contributed by atoms with van der Waals surface area (Å²) >= 11 is 0. The van der Waals surface area contributed by atoms with E-state index in [1.807, 2.05) is 0 Å². The third-order valence-electron chi connectivity index (χ3n) is 4.32. The number of unbranched alkanes of at least 4 members (excludes halogenated alkanes) is 5. The highest BCUT2D eigenvalue weighted by atomic mass is 16.3. The van der Waals surface area contributed by atoms with Gasteiger partial charge in [-0.3, -0.25) is 0 Å². The maximum atomic E-state index is 9.55. The van der Waals surface area contributed by atoms with E-state index in [0.717, 1.165) is 29.8 Å². The summed E-state index contributed by atoms with van der Waals surface area (Å²) < 4.78 is 2.20. The summed E-state index contributed by atoms with van der Waals surface area (Å²) in [6, 6.07) is 4.33. The van der Waals surface area contributed by atoms with Crippen LogP contribution < -0.4 is 0 Å². The molecular weight excluding hydrogens is 260 g/mol. The zero-order chi connectivity index (χ0) is 15.2. The molecule has 1 aromatic heterocycles. The SMILES string of the molecule is CCCCCCCCn1c(CO)nc2cc(C)c(C)cc21. The molecular formula is C18H28N2O. The van der Waals surface area contributed by atoms with Crippen molar-refractivity contribution in [2.24, 2.45) is 0 Å². The molecule has 0 amide bonds. The molecule has 0 unspecified atom stereocenters. The fourth-order valence-corrected chi connectivity index (χ4v) is 2.85. The molecule has 3 nitrogen and oxygen atoms in total. The summed E-state index contributed by atoms with van der Waals surface area (Å²) in [6.07, 6.45) is 7.71. The van der Waals surface area contributed by atoms with Gasteiger partial charge in [0, 0.05) is 6.54 Å². The summed E-state index contributed by atoms with van der Waals surface area (Å²) in [6.45, 7) is 7.47. The summed E-state index contributed by atoms with van der Waals surface area (Å²) in [5.74, 6) is 0.795. The smallest absolute Gasteiger partial charge is 0.135 e. The number of aliphatic hydroxyl groups is 1. The van der Waals surface area contributed by atoms with Gasteiger partial charge in [-0.2, -0.15) is 0 Å². The lowest BCUT2D eigenvalue weighted by atomic mass is 10.1. The van der Waals surface area contributed by atoms with Crippen LogP contribution in [0.25, 0.3) is 11.0 Å². The van der Waals surface area contributed by atoms with E-state index in [4.69, 9.17) is 0 Å². The number of aromatic nitrogens is 2. The van der Waals surface area contributed by atoms with E-state index in [9.17, 15) is 5.11 Å². The molecule has 21 heavy (non-hydrogen) atoms. The predicted octanol–water partition coefficient (Wildman–Crippen LogP) is 4.51. The minimum Gasteiger partial charge on any atom is -0.388 e. The molecule has 0 saturated heterocycles.